The van der Waals surface area contributed by atoms with E-state index in [2.05, 4.69) is 57.8 Å². The van der Waals surface area contributed by atoms with Gasteiger partial charge in [0.1, 0.15) is 5.82 Å². The first-order valence-electron chi connectivity index (χ1n) is 14.5. The fourth-order valence-electron chi connectivity index (χ4n) is 5.93. The molecule has 0 saturated carbocycles. The van der Waals surface area contributed by atoms with Crippen LogP contribution in [0.2, 0.25) is 0 Å². The van der Waals surface area contributed by atoms with Gasteiger partial charge in [-0.2, -0.15) is 11.3 Å². The summed E-state index contributed by atoms with van der Waals surface area (Å²) in [4.78, 5) is 21.2. The summed E-state index contributed by atoms with van der Waals surface area (Å²) in [6.45, 7) is 8.95. The zero-order chi connectivity index (χ0) is 27.9. The van der Waals surface area contributed by atoms with Crippen molar-refractivity contribution in [2.75, 3.05) is 51.6 Å². The molecule has 1 aromatic heterocycles. The van der Waals surface area contributed by atoms with Crippen molar-refractivity contribution < 1.29 is 9.18 Å². The molecule has 0 aliphatic carbocycles. The summed E-state index contributed by atoms with van der Waals surface area (Å²) in [6, 6.07) is 15.3. The van der Waals surface area contributed by atoms with E-state index < -0.39 is 6.04 Å². The molecule has 2 aromatic carbocycles. The summed E-state index contributed by atoms with van der Waals surface area (Å²) in [6.07, 6.45) is 3.00. The van der Waals surface area contributed by atoms with Crippen LogP contribution < -0.4 is 5.73 Å². The molecule has 2 N–H and O–H groups in total. The number of nitrogens with two attached hydrogens (primary N) is 1. The number of hydrogen-bond acceptors (Lipinski definition) is 6. The van der Waals surface area contributed by atoms with Gasteiger partial charge in [0.25, 0.3) is 0 Å². The quantitative estimate of drug-likeness (QED) is 0.317. The highest BCUT2D eigenvalue weighted by atomic mass is 32.2. The molecular formula is C32H41FN4OS2. The maximum absolute atomic E-state index is 13.7. The fraction of sp³-hybridized carbons (Fsp3) is 0.469. The zero-order valence-electron chi connectivity index (χ0n) is 23.4. The lowest BCUT2D eigenvalue weighted by molar-refractivity contribution is -0.136. The monoisotopic (exact) mass is 580 g/mol. The van der Waals surface area contributed by atoms with Gasteiger partial charge in [0.15, 0.2) is 0 Å². The Balaban J connectivity index is 1.05. The Morgan fingerprint density at radius 3 is 2.48 bits per heavy atom. The molecule has 0 unspecified atom stereocenters. The van der Waals surface area contributed by atoms with Crippen LogP contribution in [0.3, 0.4) is 0 Å². The Hall–Kier alpha value is -2.23. The second-order valence-electron chi connectivity index (χ2n) is 10.9. The lowest BCUT2D eigenvalue weighted by Gasteiger charge is -2.39. The predicted octanol–water partition coefficient (Wildman–Crippen LogP) is 5.59. The number of halogens is 1. The molecule has 2 aliphatic rings. The number of piperazine rings is 1. The fourth-order valence-corrected chi connectivity index (χ4v) is 7.66. The average molecular weight is 581 g/mol. The summed E-state index contributed by atoms with van der Waals surface area (Å²) >= 11 is 3.46. The molecule has 5 nitrogen and oxygen atoms in total. The minimum atomic E-state index is -0.417. The van der Waals surface area contributed by atoms with Crippen molar-refractivity contribution >= 4 is 29.0 Å². The van der Waals surface area contributed by atoms with Gasteiger partial charge in [-0.1, -0.05) is 43.3 Å². The van der Waals surface area contributed by atoms with E-state index in [1.807, 2.05) is 11.0 Å². The smallest absolute Gasteiger partial charge is 0.239 e. The maximum atomic E-state index is 13.7. The zero-order valence-corrected chi connectivity index (χ0v) is 25.1. The number of benzene rings is 2. The molecule has 1 amide bonds. The minimum Gasteiger partial charge on any atom is -0.339 e. The highest BCUT2D eigenvalue weighted by molar-refractivity contribution is 7.99. The van der Waals surface area contributed by atoms with Gasteiger partial charge in [0.05, 0.1) is 6.04 Å². The van der Waals surface area contributed by atoms with Gasteiger partial charge < -0.3 is 15.5 Å². The van der Waals surface area contributed by atoms with E-state index in [4.69, 9.17) is 5.73 Å². The molecule has 8 heteroatoms. The van der Waals surface area contributed by atoms with Gasteiger partial charge >= 0.3 is 0 Å². The molecule has 3 heterocycles. The maximum Gasteiger partial charge on any atom is 0.239 e. The molecule has 0 spiro atoms. The lowest BCUT2D eigenvalue weighted by atomic mass is 9.88. The summed E-state index contributed by atoms with van der Waals surface area (Å²) in [5.41, 5.74) is 11.8. The van der Waals surface area contributed by atoms with E-state index in [9.17, 15) is 9.18 Å². The van der Waals surface area contributed by atoms with Crippen molar-refractivity contribution in [3.05, 3.63) is 76.2 Å². The van der Waals surface area contributed by atoms with Crippen LogP contribution in [0.25, 0.3) is 11.1 Å². The Morgan fingerprint density at radius 1 is 1.00 bits per heavy atom. The van der Waals surface area contributed by atoms with Crippen LogP contribution in [0.15, 0.2) is 64.2 Å². The number of thiophene rings is 1. The molecule has 2 aliphatic heterocycles. The van der Waals surface area contributed by atoms with Gasteiger partial charge in [-0.05, 0) is 89.2 Å². The van der Waals surface area contributed by atoms with Gasteiger partial charge in [-0.25, -0.2) is 4.39 Å². The van der Waals surface area contributed by atoms with Crippen LogP contribution in [0.1, 0.15) is 30.9 Å². The highest BCUT2D eigenvalue weighted by Crippen LogP contribution is 2.29. The number of rotatable bonds is 10. The van der Waals surface area contributed by atoms with E-state index in [0.717, 1.165) is 74.7 Å². The number of amides is 1. The summed E-state index contributed by atoms with van der Waals surface area (Å²) in [5, 5.41) is 4.54. The van der Waals surface area contributed by atoms with E-state index in [-0.39, 0.29) is 17.6 Å². The molecule has 0 radical (unpaired) electrons. The third-order valence-corrected chi connectivity index (χ3v) is 10.1. The normalized spacial score (nSPS) is 18.2. The predicted molar refractivity (Wildman–Crippen MR) is 165 cm³/mol. The molecular weight excluding hydrogens is 540 g/mol. The average Bonchev–Trinajstić information content (AvgIpc) is 3.47. The third-order valence-electron chi connectivity index (χ3n) is 8.36. The minimum absolute atomic E-state index is 0.105. The number of piperidine rings is 1. The second-order valence-corrected chi connectivity index (χ2v) is 13.0. The number of carbonyl (C=O) groups excluding carboxylic acids is 1. The number of likely N-dealkylation sites (tertiary alicyclic amines) is 1. The Morgan fingerprint density at radius 2 is 1.75 bits per heavy atom. The van der Waals surface area contributed by atoms with Crippen LogP contribution in [-0.2, 0) is 17.8 Å². The number of thioether (sulfide) groups is 1. The van der Waals surface area contributed by atoms with Crippen LogP contribution in [-0.4, -0.2) is 78.2 Å². The van der Waals surface area contributed by atoms with Crippen LogP contribution in [0.5, 0.6) is 0 Å². The molecule has 2 saturated heterocycles. The molecule has 3 aromatic rings. The van der Waals surface area contributed by atoms with Gasteiger partial charge in [-0.3, -0.25) is 9.69 Å². The van der Waals surface area contributed by atoms with Gasteiger partial charge in [0, 0.05) is 44.2 Å². The number of hydrogen-bond donors (Lipinski definition) is 1. The third kappa shape index (κ3) is 7.34. The first-order chi connectivity index (χ1) is 19.5. The van der Waals surface area contributed by atoms with Crippen molar-refractivity contribution in [1.82, 2.24) is 14.7 Å². The Bertz CT molecular complexity index is 1240. The molecule has 5 rings (SSSR count). The van der Waals surface area contributed by atoms with Crippen molar-refractivity contribution in [3.63, 3.8) is 0 Å². The van der Waals surface area contributed by atoms with Gasteiger partial charge in [0.2, 0.25) is 5.91 Å². The lowest BCUT2D eigenvalue weighted by Crippen LogP contribution is -2.55. The second kappa shape index (κ2) is 14.1. The Labute approximate surface area is 246 Å². The van der Waals surface area contributed by atoms with Crippen molar-refractivity contribution in [3.8, 4) is 11.1 Å². The topological polar surface area (TPSA) is 52.8 Å². The van der Waals surface area contributed by atoms with Crippen molar-refractivity contribution in [2.24, 2.45) is 11.7 Å². The number of nitrogens with zero attached hydrogens (tertiary/aromatic N) is 3. The SMILES string of the molecule is CCSc1cc(F)ccc1CN1CCN(C(=O)[C@H](N)C2CCN(CCc3cscc3-c3ccccc3)CC2)CC1. The van der Waals surface area contributed by atoms with E-state index in [1.165, 1.54) is 16.7 Å². The van der Waals surface area contributed by atoms with Crippen LogP contribution in [0.4, 0.5) is 4.39 Å². The molecule has 2 fully saturated rings. The molecule has 0 bridgehead atoms. The van der Waals surface area contributed by atoms with E-state index >= 15 is 0 Å². The van der Waals surface area contributed by atoms with Gasteiger partial charge in [-0.15, -0.1) is 11.8 Å². The summed E-state index contributed by atoms with van der Waals surface area (Å²) in [5.74, 6) is 1.08. The largest absolute Gasteiger partial charge is 0.339 e. The number of carbonyl (C=O) groups is 1. The summed E-state index contributed by atoms with van der Waals surface area (Å²) < 4.78 is 13.7. The van der Waals surface area contributed by atoms with E-state index in [1.54, 1.807) is 35.2 Å². The highest BCUT2D eigenvalue weighted by Gasteiger charge is 2.32. The molecule has 214 valence electrons. The van der Waals surface area contributed by atoms with Crippen LogP contribution >= 0.6 is 23.1 Å². The Kier molecular flexibility index (Phi) is 10.3. The van der Waals surface area contributed by atoms with Crippen LogP contribution in [0, 0.1) is 11.7 Å². The first-order valence-corrected chi connectivity index (χ1v) is 16.5. The van der Waals surface area contributed by atoms with E-state index in [0.29, 0.717) is 13.1 Å². The van der Waals surface area contributed by atoms with Crippen molar-refractivity contribution in [2.45, 2.75) is 43.7 Å². The standard InChI is InChI=1S/C32H41FN4OS2/c1-2-40-30-20-28(33)9-8-26(30)21-36-16-18-37(19-17-36)32(38)31(34)25-10-13-35(14-11-25)15-12-27-22-39-23-29(27)24-6-4-3-5-7-24/h3-9,20,22-23,25,31H,2,10-19,21,34H2,1H3/t31-/m1/s1. The molecule has 40 heavy (non-hydrogen) atoms. The summed E-state index contributed by atoms with van der Waals surface area (Å²) in [7, 11) is 0. The van der Waals surface area contributed by atoms with Crippen molar-refractivity contribution in [1.29, 1.82) is 0 Å². The first kappa shape index (κ1) is 29.3. The molecule has 1 atom stereocenters.